The number of aliphatic imine (C=N–C) groups is 1. The molecule has 1 aliphatic rings. The first kappa shape index (κ1) is 15.3. The number of nitrogens with zero attached hydrogens (tertiary/aromatic N) is 1. The summed E-state index contributed by atoms with van der Waals surface area (Å²) in [6.07, 6.45) is 13.0. The zero-order valence-corrected chi connectivity index (χ0v) is 11.9. The van der Waals surface area contributed by atoms with Crippen molar-refractivity contribution in [1.29, 1.82) is 0 Å². The van der Waals surface area contributed by atoms with E-state index in [9.17, 15) is 0 Å². The Kier molecular flexibility index (Phi) is 8.65. The summed E-state index contributed by atoms with van der Waals surface area (Å²) in [4.78, 5) is 4.49. The Morgan fingerprint density at radius 1 is 1.11 bits per heavy atom. The summed E-state index contributed by atoms with van der Waals surface area (Å²) in [6, 6.07) is 0.573. The molecule has 0 unspecified atom stereocenters. The average Bonchev–Trinajstić information content (AvgIpc) is 2.89. The predicted molar refractivity (Wildman–Crippen MR) is 78.4 cm³/mol. The van der Waals surface area contributed by atoms with E-state index in [1.165, 1.54) is 64.2 Å². The first-order valence-electron chi connectivity index (χ1n) is 7.64. The molecule has 18 heavy (non-hydrogen) atoms. The third-order valence-electron chi connectivity index (χ3n) is 3.61. The molecule has 4 heteroatoms. The molecule has 0 bridgehead atoms. The Morgan fingerprint density at radius 2 is 1.78 bits per heavy atom. The van der Waals surface area contributed by atoms with E-state index >= 15 is 0 Å². The smallest absolute Gasteiger partial charge is 0.205 e. The number of guanidine groups is 1. The van der Waals surface area contributed by atoms with Gasteiger partial charge in [-0.05, 0) is 19.3 Å². The van der Waals surface area contributed by atoms with E-state index in [0.717, 1.165) is 12.5 Å². The van der Waals surface area contributed by atoms with Gasteiger partial charge in [-0.1, -0.05) is 51.9 Å². The van der Waals surface area contributed by atoms with Gasteiger partial charge in [0.15, 0.2) is 0 Å². The van der Waals surface area contributed by atoms with E-state index in [2.05, 4.69) is 22.7 Å². The quantitative estimate of drug-likeness (QED) is 0.205. The molecule has 0 atom stereocenters. The molecule has 0 aromatic rings. The molecule has 0 radical (unpaired) electrons. The SMILES string of the molecule is CCCCCCCCN=C(NN)NC1CCCC1. The Balaban J connectivity index is 2.05. The van der Waals surface area contributed by atoms with Crippen molar-refractivity contribution >= 4 is 5.96 Å². The molecule has 0 aliphatic heterocycles. The van der Waals surface area contributed by atoms with Crippen LogP contribution in [0, 0.1) is 0 Å². The van der Waals surface area contributed by atoms with Crippen LogP contribution in [-0.4, -0.2) is 18.5 Å². The van der Waals surface area contributed by atoms with Crippen molar-refractivity contribution < 1.29 is 0 Å². The zero-order valence-electron chi connectivity index (χ0n) is 11.9. The lowest BCUT2D eigenvalue weighted by molar-refractivity contribution is 0.600. The highest BCUT2D eigenvalue weighted by Gasteiger charge is 2.15. The lowest BCUT2D eigenvalue weighted by Gasteiger charge is -2.14. The summed E-state index contributed by atoms with van der Waals surface area (Å²) in [5, 5.41) is 3.39. The Hall–Kier alpha value is -0.770. The molecule has 1 fully saturated rings. The standard InChI is InChI=1S/C14H30N4/c1-2-3-4-5-6-9-12-16-14(18-15)17-13-10-7-8-11-13/h13H,2-12,15H2,1H3,(H2,16,17,18). The van der Waals surface area contributed by atoms with Gasteiger partial charge in [-0.3, -0.25) is 10.4 Å². The monoisotopic (exact) mass is 254 g/mol. The second-order valence-electron chi connectivity index (χ2n) is 5.27. The second-order valence-corrected chi connectivity index (χ2v) is 5.27. The molecule has 0 amide bonds. The third kappa shape index (κ3) is 6.84. The number of hydrogen-bond acceptors (Lipinski definition) is 2. The number of nitrogens with two attached hydrogens (primary N) is 1. The van der Waals surface area contributed by atoms with Crippen molar-refractivity contribution in [1.82, 2.24) is 10.7 Å². The zero-order chi connectivity index (χ0) is 13.1. The maximum atomic E-state index is 5.49. The fraction of sp³-hybridized carbons (Fsp3) is 0.929. The highest BCUT2D eigenvalue weighted by atomic mass is 15.3. The van der Waals surface area contributed by atoms with Crippen molar-refractivity contribution in [2.75, 3.05) is 6.54 Å². The van der Waals surface area contributed by atoms with Gasteiger partial charge in [0.05, 0.1) is 0 Å². The normalized spacial score (nSPS) is 17.1. The molecule has 1 rings (SSSR count). The van der Waals surface area contributed by atoms with Gasteiger partial charge >= 0.3 is 0 Å². The van der Waals surface area contributed by atoms with Gasteiger partial charge in [-0.25, -0.2) is 5.84 Å². The Labute approximate surface area is 112 Å². The molecule has 106 valence electrons. The van der Waals surface area contributed by atoms with Gasteiger partial charge in [0.2, 0.25) is 5.96 Å². The van der Waals surface area contributed by atoms with Gasteiger partial charge in [0.1, 0.15) is 0 Å². The van der Waals surface area contributed by atoms with E-state index < -0.39 is 0 Å². The first-order valence-corrected chi connectivity index (χ1v) is 7.64. The van der Waals surface area contributed by atoms with Gasteiger partial charge < -0.3 is 5.32 Å². The van der Waals surface area contributed by atoms with Crippen LogP contribution in [-0.2, 0) is 0 Å². The van der Waals surface area contributed by atoms with Crippen LogP contribution in [0.3, 0.4) is 0 Å². The minimum absolute atomic E-state index is 0.573. The Bertz CT molecular complexity index is 222. The van der Waals surface area contributed by atoms with Crippen LogP contribution in [0.2, 0.25) is 0 Å². The van der Waals surface area contributed by atoms with Crippen LogP contribution in [0.5, 0.6) is 0 Å². The summed E-state index contributed by atoms with van der Waals surface area (Å²) in [6.45, 7) is 3.13. The minimum atomic E-state index is 0.573. The molecule has 4 nitrogen and oxygen atoms in total. The van der Waals surface area contributed by atoms with E-state index in [1.807, 2.05) is 0 Å². The predicted octanol–water partition coefficient (Wildman–Crippen LogP) is 2.70. The van der Waals surface area contributed by atoms with Crippen LogP contribution in [0.15, 0.2) is 4.99 Å². The van der Waals surface area contributed by atoms with Crippen molar-refractivity contribution in [3.05, 3.63) is 0 Å². The lowest BCUT2D eigenvalue weighted by Crippen LogP contribution is -2.45. The summed E-state index contributed by atoms with van der Waals surface area (Å²) < 4.78 is 0. The van der Waals surface area contributed by atoms with Crippen molar-refractivity contribution in [3.8, 4) is 0 Å². The van der Waals surface area contributed by atoms with Gasteiger partial charge in [0, 0.05) is 12.6 Å². The molecule has 0 aromatic heterocycles. The maximum Gasteiger partial charge on any atom is 0.205 e. The largest absolute Gasteiger partial charge is 0.353 e. The highest BCUT2D eigenvalue weighted by Crippen LogP contribution is 2.17. The van der Waals surface area contributed by atoms with Gasteiger partial charge in [0.25, 0.3) is 0 Å². The molecule has 0 spiro atoms. The highest BCUT2D eigenvalue weighted by molar-refractivity contribution is 5.79. The van der Waals surface area contributed by atoms with Crippen molar-refractivity contribution in [3.63, 3.8) is 0 Å². The number of nitrogens with one attached hydrogen (secondary N) is 2. The summed E-state index contributed by atoms with van der Waals surface area (Å²) in [5.41, 5.74) is 2.68. The van der Waals surface area contributed by atoms with Crippen LogP contribution in [0.4, 0.5) is 0 Å². The second kappa shape index (κ2) is 10.2. The maximum absolute atomic E-state index is 5.49. The molecular weight excluding hydrogens is 224 g/mol. The molecule has 1 saturated carbocycles. The number of rotatable bonds is 8. The van der Waals surface area contributed by atoms with Crippen LogP contribution in [0.1, 0.15) is 71.1 Å². The third-order valence-corrected chi connectivity index (χ3v) is 3.61. The number of hydrogen-bond donors (Lipinski definition) is 3. The van der Waals surface area contributed by atoms with Crippen LogP contribution in [0.25, 0.3) is 0 Å². The fourth-order valence-corrected chi connectivity index (χ4v) is 2.48. The van der Waals surface area contributed by atoms with Crippen LogP contribution >= 0.6 is 0 Å². The topological polar surface area (TPSA) is 62.4 Å². The fourth-order valence-electron chi connectivity index (χ4n) is 2.48. The summed E-state index contributed by atoms with van der Waals surface area (Å²) >= 11 is 0. The van der Waals surface area contributed by atoms with E-state index in [4.69, 9.17) is 5.84 Å². The molecule has 4 N–H and O–H groups in total. The summed E-state index contributed by atoms with van der Waals surface area (Å²) in [7, 11) is 0. The Morgan fingerprint density at radius 3 is 2.44 bits per heavy atom. The van der Waals surface area contributed by atoms with Crippen molar-refractivity contribution in [2.45, 2.75) is 77.2 Å². The van der Waals surface area contributed by atoms with E-state index in [0.29, 0.717) is 6.04 Å². The molecule has 0 saturated heterocycles. The van der Waals surface area contributed by atoms with Crippen molar-refractivity contribution in [2.24, 2.45) is 10.8 Å². The molecule has 0 aromatic carbocycles. The lowest BCUT2D eigenvalue weighted by atomic mass is 10.1. The van der Waals surface area contributed by atoms with Crippen LogP contribution < -0.4 is 16.6 Å². The molecular formula is C14H30N4. The molecule has 1 aliphatic carbocycles. The molecule has 0 heterocycles. The number of unbranched alkanes of at least 4 members (excludes halogenated alkanes) is 5. The average molecular weight is 254 g/mol. The minimum Gasteiger partial charge on any atom is -0.353 e. The van der Waals surface area contributed by atoms with Gasteiger partial charge in [-0.15, -0.1) is 0 Å². The summed E-state index contributed by atoms with van der Waals surface area (Å²) in [5.74, 6) is 6.26. The first-order chi connectivity index (χ1) is 8.86. The number of hydrazine groups is 1. The van der Waals surface area contributed by atoms with E-state index in [-0.39, 0.29) is 0 Å². The van der Waals surface area contributed by atoms with E-state index in [1.54, 1.807) is 0 Å². The van der Waals surface area contributed by atoms with Gasteiger partial charge in [-0.2, -0.15) is 0 Å².